The number of amides is 2. The highest BCUT2D eigenvalue weighted by Gasteiger charge is 2.25. The minimum atomic E-state index is -1.14. The predicted octanol–water partition coefficient (Wildman–Crippen LogP) is 0.601. The van der Waals surface area contributed by atoms with Gasteiger partial charge in [0.15, 0.2) is 0 Å². The van der Waals surface area contributed by atoms with Gasteiger partial charge in [-0.25, -0.2) is 0 Å². The summed E-state index contributed by atoms with van der Waals surface area (Å²) >= 11 is 0. The van der Waals surface area contributed by atoms with Crippen LogP contribution in [0.25, 0.3) is 0 Å². The van der Waals surface area contributed by atoms with E-state index in [0.717, 1.165) is 17.7 Å². The molecular weight excluding hydrogens is 236 g/mol. The number of aliphatic carboxylic acids is 1. The highest BCUT2D eigenvalue weighted by molar-refractivity contribution is 5.87. The van der Waals surface area contributed by atoms with Gasteiger partial charge >= 0.3 is 5.97 Å². The molecule has 0 spiro atoms. The third-order valence-corrected chi connectivity index (χ3v) is 2.61. The van der Waals surface area contributed by atoms with Crippen molar-refractivity contribution in [3.8, 4) is 0 Å². The van der Waals surface area contributed by atoms with Gasteiger partial charge in [-0.05, 0) is 12.8 Å². The van der Waals surface area contributed by atoms with Crippen molar-refractivity contribution in [1.29, 1.82) is 0 Å². The van der Waals surface area contributed by atoms with E-state index in [2.05, 4.69) is 0 Å². The van der Waals surface area contributed by atoms with E-state index in [1.807, 2.05) is 13.8 Å². The van der Waals surface area contributed by atoms with Gasteiger partial charge < -0.3 is 15.7 Å². The molecule has 18 heavy (non-hydrogen) atoms. The molecule has 0 heterocycles. The van der Waals surface area contributed by atoms with Crippen LogP contribution in [0.3, 0.4) is 0 Å². The number of carbonyl (C=O) groups excluding carboxylic acids is 2. The molecule has 0 saturated carbocycles. The Morgan fingerprint density at radius 2 is 1.61 bits per heavy atom. The molecule has 6 nitrogen and oxygen atoms in total. The molecule has 0 bridgehead atoms. The van der Waals surface area contributed by atoms with E-state index in [-0.39, 0.29) is 18.4 Å². The second-order valence-electron chi connectivity index (χ2n) is 4.33. The molecule has 0 aromatic carbocycles. The lowest BCUT2D eigenvalue weighted by Gasteiger charge is -2.24. The van der Waals surface area contributed by atoms with Crippen molar-refractivity contribution in [2.24, 2.45) is 11.7 Å². The Morgan fingerprint density at radius 3 is 1.94 bits per heavy atom. The van der Waals surface area contributed by atoms with E-state index in [4.69, 9.17) is 10.8 Å². The molecule has 3 N–H and O–H groups in total. The molecule has 0 atom stereocenters. The van der Waals surface area contributed by atoms with Gasteiger partial charge in [-0.2, -0.15) is 0 Å². The first-order valence-corrected chi connectivity index (χ1v) is 6.21. The monoisotopic (exact) mass is 258 g/mol. The summed E-state index contributed by atoms with van der Waals surface area (Å²) in [6.07, 6.45) is 3.07. The minimum Gasteiger partial charge on any atom is -0.480 e. The molecule has 0 saturated heterocycles. The first kappa shape index (κ1) is 16.4. The molecule has 0 unspecified atom stereocenters. The zero-order chi connectivity index (χ0) is 14.1. The molecule has 0 aliphatic rings. The van der Waals surface area contributed by atoms with Gasteiger partial charge in [0.25, 0.3) is 0 Å². The molecule has 0 aliphatic carbocycles. The number of hydrogen-bond acceptors (Lipinski definition) is 3. The van der Waals surface area contributed by atoms with Crippen LogP contribution in [0.4, 0.5) is 0 Å². The minimum absolute atomic E-state index is 0.223. The average Bonchev–Trinajstić information content (AvgIpc) is 2.25. The Bertz CT molecular complexity index is 282. The highest BCUT2D eigenvalue weighted by atomic mass is 16.4. The van der Waals surface area contributed by atoms with Crippen LogP contribution in [0.1, 0.15) is 39.5 Å². The van der Waals surface area contributed by atoms with Crippen LogP contribution in [0.5, 0.6) is 0 Å². The third-order valence-electron chi connectivity index (χ3n) is 2.61. The van der Waals surface area contributed by atoms with Gasteiger partial charge in [-0.15, -0.1) is 0 Å². The quantitative estimate of drug-likeness (QED) is 0.632. The lowest BCUT2D eigenvalue weighted by Crippen LogP contribution is -2.44. The number of carbonyl (C=O) groups is 3. The number of carboxylic acids is 1. The molecular formula is C12H22N2O4. The molecule has 6 heteroatoms. The van der Waals surface area contributed by atoms with E-state index in [0.29, 0.717) is 12.8 Å². The SMILES string of the molecule is CCCC(CCC)C(=O)N(CC(N)=O)CC(=O)O. The first-order chi connectivity index (χ1) is 8.42. The molecule has 0 aromatic rings. The summed E-state index contributed by atoms with van der Waals surface area (Å²) in [5.74, 6) is -2.36. The molecule has 2 amide bonds. The molecule has 104 valence electrons. The van der Waals surface area contributed by atoms with Crippen LogP contribution in [0.2, 0.25) is 0 Å². The van der Waals surface area contributed by atoms with Crippen LogP contribution in [0.15, 0.2) is 0 Å². The summed E-state index contributed by atoms with van der Waals surface area (Å²) < 4.78 is 0. The van der Waals surface area contributed by atoms with Crippen molar-refractivity contribution in [1.82, 2.24) is 4.90 Å². The van der Waals surface area contributed by atoms with Crippen LogP contribution in [-0.2, 0) is 14.4 Å². The van der Waals surface area contributed by atoms with Crippen LogP contribution >= 0.6 is 0 Å². The Labute approximate surface area is 107 Å². The fourth-order valence-electron chi connectivity index (χ4n) is 1.91. The van der Waals surface area contributed by atoms with Gasteiger partial charge in [0.05, 0.1) is 6.54 Å². The molecule has 0 fully saturated rings. The predicted molar refractivity (Wildman–Crippen MR) is 66.7 cm³/mol. The van der Waals surface area contributed by atoms with E-state index in [9.17, 15) is 14.4 Å². The van der Waals surface area contributed by atoms with Crippen LogP contribution in [0, 0.1) is 5.92 Å². The normalized spacial score (nSPS) is 10.4. The summed E-state index contributed by atoms with van der Waals surface area (Å²) in [7, 11) is 0. The van der Waals surface area contributed by atoms with Gasteiger partial charge in [-0.3, -0.25) is 14.4 Å². The zero-order valence-corrected chi connectivity index (χ0v) is 11.0. The number of carboxylic acid groups (broad SMARTS) is 1. The first-order valence-electron chi connectivity index (χ1n) is 6.21. The average molecular weight is 258 g/mol. The van der Waals surface area contributed by atoms with Crippen molar-refractivity contribution >= 4 is 17.8 Å². The second kappa shape index (κ2) is 8.49. The number of nitrogens with zero attached hydrogens (tertiary/aromatic N) is 1. The van der Waals surface area contributed by atoms with E-state index < -0.39 is 18.4 Å². The van der Waals surface area contributed by atoms with Crippen molar-refractivity contribution in [3.05, 3.63) is 0 Å². The number of nitrogens with two attached hydrogens (primary N) is 1. The summed E-state index contributed by atoms with van der Waals surface area (Å²) in [4.78, 5) is 34.7. The fraction of sp³-hybridized carbons (Fsp3) is 0.750. The van der Waals surface area contributed by atoms with Gasteiger partial charge in [-0.1, -0.05) is 26.7 Å². The van der Waals surface area contributed by atoms with Crippen LogP contribution in [-0.4, -0.2) is 40.9 Å². The summed E-state index contributed by atoms with van der Waals surface area (Å²) in [6.45, 7) is 3.11. The van der Waals surface area contributed by atoms with Gasteiger partial charge in [0.2, 0.25) is 11.8 Å². The lowest BCUT2D eigenvalue weighted by atomic mass is 9.96. The highest BCUT2D eigenvalue weighted by Crippen LogP contribution is 2.16. The van der Waals surface area contributed by atoms with Crippen molar-refractivity contribution in [3.63, 3.8) is 0 Å². The summed E-state index contributed by atoms with van der Waals surface area (Å²) in [6, 6.07) is 0. The molecule has 0 aromatic heterocycles. The van der Waals surface area contributed by atoms with E-state index in [1.165, 1.54) is 0 Å². The number of primary amides is 1. The Kier molecular flexibility index (Phi) is 7.74. The van der Waals surface area contributed by atoms with Gasteiger partial charge in [0.1, 0.15) is 6.54 Å². The molecule has 0 aliphatic heterocycles. The molecule has 0 rings (SSSR count). The van der Waals surface area contributed by atoms with Gasteiger partial charge in [0, 0.05) is 5.92 Å². The summed E-state index contributed by atoms with van der Waals surface area (Å²) in [5.41, 5.74) is 5.03. The number of rotatable bonds is 9. The third kappa shape index (κ3) is 6.22. The van der Waals surface area contributed by atoms with Crippen molar-refractivity contribution in [2.45, 2.75) is 39.5 Å². The van der Waals surface area contributed by atoms with Crippen molar-refractivity contribution in [2.75, 3.05) is 13.1 Å². The Hall–Kier alpha value is -1.59. The maximum atomic E-state index is 12.1. The topological polar surface area (TPSA) is 101 Å². The second-order valence-corrected chi connectivity index (χ2v) is 4.33. The smallest absolute Gasteiger partial charge is 0.323 e. The Balaban J connectivity index is 4.76. The molecule has 0 radical (unpaired) electrons. The van der Waals surface area contributed by atoms with E-state index in [1.54, 1.807) is 0 Å². The zero-order valence-electron chi connectivity index (χ0n) is 11.0. The van der Waals surface area contributed by atoms with Crippen LogP contribution < -0.4 is 5.73 Å². The van der Waals surface area contributed by atoms with E-state index >= 15 is 0 Å². The Morgan fingerprint density at radius 1 is 1.11 bits per heavy atom. The fourth-order valence-corrected chi connectivity index (χ4v) is 1.91. The maximum absolute atomic E-state index is 12.1. The maximum Gasteiger partial charge on any atom is 0.323 e. The van der Waals surface area contributed by atoms with Crippen molar-refractivity contribution < 1.29 is 19.5 Å². The largest absolute Gasteiger partial charge is 0.480 e. The summed E-state index contributed by atoms with van der Waals surface area (Å²) in [5, 5.41) is 8.74. The standard InChI is InChI=1S/C12H22N2O4/c1-3-5-9(6-4-2)12(18)14(7-10(13)15)8-11(16)17/h9H,3-8H2,1-2H3,(H2,13,15)(H,16,17). The lowest BCUT2D eigenvalue weighted by molar-refractivity contribution is -0.147. The number of hydrogen-bond donors (Lipinski definition) is 2.